The van der Waals surface area contributed by atoms with Gasteiger partial charge in [-0.2, -0.15) is 0 Å². The summed E-state index contributed by atoms with van der Waals surface area (Å²) in [6, 6.07) is 13.7. The lowest BCUT2D eigenvalue weighted by Gasteiger charge is -2.16. The van der Waals surface area contributed by atoms with Crippen molar-refractivity contribution in [3.8, 4) is 5.75 Å². The molecule has 0 saturated carbocycles. The van der Waals surface area contributed by atoms with Gasteiger partial charge in [-0.1, -0.05) is 28.1 Å². The molecule has 0 unspecified atom stereocenters. The number of anilines is 1. The van der Waals surface area contributed by atoms with Crippen LogP contribution in [0.4, 0.5) is 5.69 Å². The van der Waals surface area contributed by atoms with Crippen LogP contribution in [-0.4, -0.2) is 17.9 Å². The Kier molecular flexibility index (Phi) is 5.16. The van der Waals surface area contributed by atoms with Crippen molar-refractivity contribution in [3.63, 3.8) is 0 Å². The van der Waals surface area contributed by atoms with Gasteiger partial charge >= 0.3 is 0 Å². The number of nitrogens with two attached hydrogens (primary N) is 1. The molecule has 0 radical (unpaired) electrons. The Morgan fingerprint density at radius 1 is 1.14 bits per heavy atom. The smallest absolute Gasteiger partial charge is 0.265 e. The number of carbonyl (C=O) groups excluding carboxylic acids is 2. The molecule has 2 amide bonds. The third-order valence-electron chi connectivity index (χ3n) is 2.94. The SMILES string of the molecule is C[C@@H](Oc1ccccc1C(N)=O)C(=O)Nc1ccc(Br)cc1. The number of amides is 2. The molecule has 0 saturated heterocycles. The van der Waals surface area contributed by atoms with E-state index >= 15 is 0 Å². The van der Waals surface area contributed by atoms with Crippen LogP contribution in [0, 0.1) is 0 Å². The summed E-state index contributed by atoms with van der Waals surface area (Å²) in [6.45, 7) is 1.60. The third kappa shape index (κ3) is 4.08. The minimum absolute atomic E-state index is 0.241. The van der Waals surface area contributed by atoms with Crippen molar-refractivity contribution in [1.29, 1.82) is 0 Å². The zero-order chi connectivity index (χ0) is 16.1. The second-order valence-corrected chi connectivity index (χ2v) is 5.53. The monoisotopic (exact) mass is 362 g/mol. The molecule has 0 bridgehead atoms. The van der Waals surface area contributed by atoms with Crippen LogP contribution in [0.25, 0.3) is 0 Å². The van der Waals surface area contributed by atoms with E-state index in [0.717, 1.165) is 4.47 Å². The Bertz CT molecular complexity index is 686. The molecule has 6 heteroatoms. The van der Waals surface area contributed by atoms with Crippen molar-refractivity contribution >= 4 is 33.4 Å². The molecule has 2 aromatic carbocycles. The topological polar surface area (TPSA) is 81.4 Å². The minimum atomic E-state index is -0.774. The van der Waals surface area contributed by atoms with Gasteiger partial charge < -0.3 is 15.8 Å². The fraction of sp³-hybridized carbons (Fsp3) is 0.125. The first kappa shape index (κ1) is 16.0. The molecule has 0 aromatic heterocycles. The average Bonchev–Trinajstić information content (AvgIpc) is 2.49. The molecule has 0 heterocycles. The summed E-state index contributed by atoms with van der Waals surface area (Å²) in [5.74, 6) is -0.633. The first-order valence-corrected chi connectivity index (χ1v) is 7.38. The summed E-state index contributed by atoms with van der Waals surface area (Å²) in [6.07, 6.45) is -0.774. The maximum Gasteiger partial charge on any atom is 0.265 e. The summed E-state index contributed by atoms with van der Waals surface area (Å²) >= 11 is 3.33. The summed E-state index contributed by atoms with van der Waals surface area (Å²) in [7, 11) is 0. The number of ether oxygens (including phenoxy) is 1. The van der Waals surface area contributed by atoms with Crippen molar-refractivity contribution in [2.75, 3.05) is 5.32 Å². The van der Waals surface area contributed by atoms with E-state index in [9.17, 15) is 9.59 Å². The zero-order valence-electron chi connectivity index (χ0n) is 11.9. The molecule has 0 aliphatic carbocycles. The molecule has 22 heavy (non-hydrogen) atoms. The molecular formula is C16H15BrN2O3. The van der Waals surface area contributed by atoms with E-state index in [0.29, 0.717) is 5.69 Å². The van der Waals surface area contributed by atoms with Crippen LogP contribution < -0.4 is 15.8 Å². The van der Waals surface area contributed by atoms with Crippen molar-refractivity contribution in [2.45, 2.75) is 13.0 Å². The largest absolute Gasteiger partial charge is 0.480 e. The highest BCUT2D eigenvalue weighted by molar-refractivity contribution is 9.10. The number of benzene rings is 2. The molecule has 0 spiro atoms. The van der Waals surface area contributed by atoms with Gasteiger partial charge in [0.2, 0.25) is 0 Å². The molecule has 2 aromatic rings. The highest BCUT2D eigenvalue weighted by atomic mass is 79.9. The van der Waals surface area contributed by atoms with E-state index in [1.807, 2.05) is 12.1 Å². The van der Waals surface area contributed by atoms with E-state index in [1.165, 1.54) is 0 Å². The van der Waals surface area contributed by atoms with Crippen LogP contribution in [0.2, 0.25) is 0 Å². The number of hydrogen-bond donors (Lipinski definition) is 2. The Balaban J connectivity index is 2.05. The highest BCUT2D eigenvalue weighted by Crippen LogP contribution is 2.19. The van der Waals surface area contributed by atoms with Crippen molar-refractivity contribution in [3.05, 3.63) is 58.6 Å². The van der Waals surface area contributed by atoms with Crippen molar-refractivity contribution < 1.29 is 14.3 Å². The molecular weight excluding hydrogens is 348 g/mol. The standard InChI is InChI=1S/C16H15BrN2O3/c1-10(16(21)19-12-8-6-11(17)7-9-12)22-14-5-3-2-4-13(14)15(18)20/h2-10H,1H3,(H2,18,20)(H,19,21)/t10-/m1/s1. The minimum Gasteiger partial charge on any atom is -0.480 e. The van der Waals surface area contributed by atoms with E-state index in [2.05, 4.69) is 21.2 Å². The van der Waals surface area contributed by atoms with Crippen LogP contribution in [0.3, 0.4) is 0 Å². The number of hydrogen-bond acceptors (Lipinski definition) is 3. The number of halogens is 1. The molecule has 0 fully saturated rings. The fourth-order valence-electron chi connectivity index (χ4n) is 1.79. The highest BCUT2D eigenvalue weighted by Gasteiger charge is 2.17. The van der Waals surface area contributed by atoms with Gasteiger partial charge in [0.05, 0.1) is 5.56 Å². The van der Waals surface area contributed by atoms with Gasteiger partial charge in [-0.15, -0.1) is 0 Å². The van der Waals surface area contributed by atoms with E-state index < -0.39 is 12.0 Å². The maximum atomic E-state index is 12.1. The average molecular weight is 363 g/mol. The van der Waals surface area contributed by atoms with Crippen LogP contribution in [0.15, 0.2) is 53.0 Å². The van der Waals surface area contributed by atoms with Gasteiger partial charge in [-0.25, -0.2) is 0 Å². The van der Waals surface area contributed by atoms with Gasteiger partial charge in [0.15, 0.2) is 6.10 Å². The van der Waals surface area contributed by atoms with Gasteiger partial charge in [0.25, 0.3) is 11.8 Å². The maximum absolute atomic E-state index is 12.1. The van der Waals surface area contributed by atoms with Crippen LogP contribution in [-0.2, 0) is 4.79 Å². The Morgan fingerprint density at radius 3 is 2.41 bits per heavy atom. The molecule has 2 rings (SSSR count). The van der Waals surface area contributed by atoms with Crippen LogP contribution in [0.5, 0.6) is 5.75 Å². The lowest BCUT2D eigenvalue weighted by atomic mass is 10.2. The fourth-order valence-corrected chi connectivity index (χ4v) is 2.06. The Morgan fingerprint density at radius 2 is 1.77 bits per heavy atom. The van der Waals surface area contributed by atoms with E-state index in [-0.39, 0.29) is 17.2 Å². The van der Waals surface area contributed by atoms with Gasteiger partial charge in [-0.3, -0.25) is 9.59 Å². The lowest BCUT2D eigenvalue weighted by molar-refractivity contribution is -0.122. The predicted octanol–water partition coefficient (Wildman–Crippen LogP) is 2.95. The summed E-state index contributed by atoms with van der Waals surface area (Å²) in [5, 5.41) is 2.74. The second-order valence-electron chi connectivity index (χ2n) is 4.62. The third-order valence-corrected chi connectivity index (χ3v) is 3.47. The molecule has 3 N–H and O–H groups in total. The zero-order valence-corrected chi connectivity index (χ0v) is 13.5. The van der Waals surface area contributed by atoms with Crippen molar-refractivity contribution in [1.82, 2.24) is 0 Å². The summed E-state index contributed by atoms with van der Waals surface area (Å²) < 4.78 is 6.46. The molecule has 5 nitrogen and oxygen atoms in total. The van der Waals surface area contributed by atoms with Gasteiger partial charge in [-0.05, 0) is 43.3 Å². The Labute approximate surface area is 136 Å². The number of nitrogens with one attached hydrogen (secondary N) is 1. The second kappa shape index (κ2) is 7.09. The number of para-hydroxylation sites is 1. The number of rotatable bonds is 5. The molecule has 0 aliphatic rings. The van der Waals surface area contributed by atoms with E-state index in [4.69, 9.17) is 10.5 Å². The molecule has 114 valence electrons. The van der Waals surface area contributed by atoms with Gasteiger partial charge in [0.1, 0.15) is 5.75 Å². The molecule has 1 atom stereocenters. The number of primary amides is 1. The number of carbonyl (C=O) groups is 2. The first-order valence-electron chi connectivity index (χ1n) is 6.59. The van der Waals surface area contributed by atoms with Crippen LogP contribution in [0.1, 0.15) is 17.3 Å². The first-order chi connectivity index (χ1) is 10.5. The quantitative estimate of drug-likeness (QED) is 0.857. The predicted molar refractivity (Wildman–Crippen MR) is 87.8 cm³/mol. The normalized spacial score (nSPS) is 11.5. The van der Waals surface area contributed by atoms with Crippen molar-refractivity contribution in [2.24, 2.45) is 5.73 Å². The van der Waals surface area contributed by atoms with Gasteiger partial charge in [0, 0.05) is 10.2 Å². The van der Waals surface area contributed by atoms with E-state index in [1.54, 1.807) is 43.3 Å². The summed E-state index contributed by atoms with van der Waals surface area (Å²) in [5.41, 5.74) is 6.18. The Hall–Kier alpha value is -2.34. The lowest BCUT2D eigenvalue weighted by Crippen LogP contribution is -2.30. The summed E-state index contributed by atoms with van der Waals surface area (Å²) in [4.78, 5) is 23.5. The molecule has 0 aliphatic heterocycles. The van der Waals surface area contributed by atoms with Crippen LogP contribution >= 0.6 is 15.9 Å².